The van der Waals surface area contributed by atoms with E-state index in [1.807, 2.05) is 34.9 Å². The molecule has 0 aliphatic carbocycles. The largest absolute Gasteiger partial charge is 0.345 e. The van der Waals surface area contributed by atoms with Crippen molar-refractivity contribution in [2.24, 2.45) is 5.92 Å². The third kappa shape index (κ3) is 3.68. The third-order valence-corrected chi connectivity index (χ3v) is 3.54. The van der Waals surface area contributed by atoms with Crippen molar-refractivity contribution in [1.29, 1.82) is 0 Å². The van der Waals surface area contributed by atoms with Crippen molar-refractivity contribution in [3.8, 4) is 5.69 Å². The van der Waals surface area contributed by atoms with E-state index in [1.54, 1.807) is 23.4 Å². The van der Waals surface area contributed by atoms with Crippen LogP contribution in [0.15, 0.2) is 49.1 Å². The molecule has 0 saturated heterocycles. The third-order valence-electron chi connectivity index (χ3n) is 3.54. The van der Waals surface area contributed by atoms with Gasteiger partial charge in [0, 0.05) is 12.7 Å². The molecule has 3 aromatic rings. The molecule has 0 atom stereocenters. The molecule has 124 valence electrons. The average Bonchev–Trinajstić information content (AvgIpc) is 3.22. The molecule has 24 heavy (non-hydrogen) atoms. The first-order valence-corrected chi connectivity index (χ1v) is 7.88. The minimum Gasteiger partial charge on any atom is -0.345 e. The van der Waals surface area contributed by atoms with Gasteiger partial charge < -0.3 is 9.88 Å². The van der Waals surface area contributed by atoms with Gasteiger partial charge in [-0.05, 0) is 18.1 Å². The number of imidazole rings is 1. The van der Waals surface area contributed by atoms with E-state index in [4.69, 9.17) is 0 Å². The summed E-state index contributed by atoms with van der Waals surface area (Å²) < 4.78 is 3.63. The van der Waals surface area contributed by atoms with Gasteiger partial charge in [-0.25, -0.2) is 9.67 Å². The van der Waals surface area contributed by atoms with E-state index >= 15 is 0 Å². The summed E-state index contributed by atoms with van der Waals surface area (Å²) in [5.74, 6) is 0.258. The van der Waals surface area contributed by atoms with E-state index in [0.29, 0.717) is 12.5 Å². The average molecular weight is 324 g/mol. The lowest BCUT2D eigenvalue weighted by Crippen LogP contribution is -2.25. The van der Waals surface area contributed by atoms with Gasteiger partial charge in [0.25, 0.3) is 5.91 Å². The highest BCUT2D eigenvalue weighted by atomic mass is 16.2. The highest BCUT2D eigenvalue weighted by Crippen LogP contribution is 2.07. The molecule has 3 rings (SSSR count). The Labute approximate surface area is 140 Å². The summed E-state index contributed by atoms with van der Waals surface area (Å²) in [5.41, 5.74) is 2.11. The molecule has 1 N–H and O–H groups in total. The number of hydrogen-bond donors (Lipinski definition) is 1. The molecular weight excluding hydrogens is 304 g/mol. The van der Waals surface area contributed by atoms with Crippen molar-refractivity contribution in [3.63, 3.8) is 0 Å². The minimum absolute atomic E-state index is 0.255. The second-order valence-corrected chi connectivity index (χ2v) is 6.00. The molecule has 1 aromatic carbocycles. The molecule has 0 aliphatic rings. The highest BCUT2D eigenvalue weighted by molar-refractivity contribution is 5.91. The van der Waals surface area contributed by atoms with Crippen LogP contribution in [-0.2, 0) is 13.1 Å². The number of nitrogens with zero attached hydrogens (tertiary/aromatic N) is 5. The standard InChI is InChI=1S/C17H20N6O/c1-13(2)10-22-12-18-8-15(22)9-19-17(24)16-11-23(21-20-16)14-6-4-3-5-7-14/h3-8,11-13H,9-10H2,1-2H3,(H,19,24). The molecule has 0 fully saturated rings. The van der Waals surface area contributed by atoms with Crippen molar-refractivity contribution < 1.29 is 4.79 Å². The smallest absolute Gasteiger partial charge is 0.273 e. The van der Waals surface area contributed by atoms with Gasteiger partial charge in [-0.2, -0.15) is 0 Å². The van der Waals surface area contributed by atoms with Crippen LogP contribution >= 0.6 is 0 Å². The van der Waals surface area contributed by atoms with Crippen LogP contribution in [0.4, 0.5) is 0 Å². The van der Waals surface area contributed by atoms with E-state index in [9.17, 15) is 4.79 Å². The van der Waals surface area contributed by atoms with Crippen LogP contribution in [0.3, 0.4) is 0 Å². The van der Waals surface area contributed by atoms with E-state index in [0.717, 1.165) is 17.9 Å². The minimum atomic E-state index is -0.255. The second kappa shape index (κ2) is 7.08. The van der Waals surface area contributed by atoms with Crippen molar-refractivity contribution in [2.75, 3.05) is 0 Å². The van der Waals surface area contributed by atoms with Gasteiger partial charge in [-0.3, -0.25) is 4.79 Å². The zero-order valence-corrected chi connectivity index (χ0v) is 13.8. The van der Waals surface area contributed by atoms with Gasteiger partial charge >= 0.3 is 0 Å². The first-order valence-electron chi connectivity index (χ1n) is 7.88. The zero-order valence-electron chi connectivity index (χ0n) is 13.8. The summed E-state index contributed by atoms with van der Waals surface area (Å²) in [7, 11) is 0. The predicted octanol–water partition coefficient (Wildman–Crippen LogP) is 2.05. The van der Waals surface area contributed by atoms with Crippen molar-refractivity contribution in [2.45, 2.75) is 26.9 Å². The Hall–Kier alpha value is -2.96. The van der Waals surface area contributed by atoms with Gasteiger partial charge in [0.15, 0.2) is 5.69 Å². The Kier molecular flexibility index (Phi) is 4.69. The fourth-order valence-electron chi connectivity index (χ4n) is 2.39. The second-order valence-electron chi connectivity index (χ2n) is 6.00. The number of nitrogens with one attached hydrogen (secondary N) is 1. The molecule has 1 amide bonds. The van der Waals surface area contributed by atoms with Crippen LogP contribution in [0.1, 0.15) is 30.0 Å². The van der Waals surface area contributed by atoms with Crippen LogP contribution in [0, 0.1) is 5.92 Å². The first-order chi connectivity index (χ1) is 11.6. The van der Waals surface area contributed by atoms with Crippen LogP contribution in [-0.4, -0.2) is 30.5 Å². The number of rotatable bonds is 6. The molecule has 0 bridgehead atoms. The van der Waals surface area contributed by atoms with Crippen LogP contribution in [0.2, 0.25) is 0 Å². The van der Waals surface area contributed by atoms with Crippen molar-refractivity contribution in [1.82, 2.24) is 29.9 Å². The maximum Gasteiger partial charge on any atom is 0.273 e. The normalized spacial score (nSPS) is 11.0. The van der Waals surface area contributed by atoms with Gasteiger partial charge in [0.05, 0.1) is 30.5 Å². The molecule has 7 heteroatoms. The van der Waals surface area contributed by atoms with Crippen molar-refractivity contribution in [3.05, 3.63) is 60.4 Å². The Morgan fingerprint density at radius 2 is 2.04 bits per heavy atom. The summed E-state index contributed by atoms with van der Waals surface area (Å²) in [6.07, 6.45) is 5.17. The van der Waals surface area contributed by atoms with E-state index in [2.05, 4.69) is 34.5 Å². The van der Waals surface area contributed by atoms with Gasteiger partial charge in [0.2, 0.25) is 0 Å². The lowest BCUT2D eigenvalue weighted by Gasteiger charge is -2.10. The summed E-state index contributed by atoms with van der Waals surface area (Å²) in [6.45, 7) is 5.56. The van der Waals surface area contributed by atoms with E-state index < -0.39 is 0 Å². The SMILES string of the molecule is CC(C)Cn1cncc1CNC(=O)c1cn(-c2ccccc2)nn1. The number of hydrogen-bond acceptors (Lipinski definition) is 4. The number of carbonyl (C=O) groups is 1. The first kappa shape index (κ1) is 15.9. The Balaban J connectivity index is 1.64. The fourth-order valence-corrected chi connectivity index (χ4v) is 2.39. The number of amides is 1. The summed E-state index contributed by atoms with van der Waals surface area (Å²) in [6, 6.07) is 9.55. The van der Waals surface area contributed by atoms with Gasteiger partial charge in [-0.15, -0.1) is 5.10 Å². The number of carbonyl (C=O) groups excluding carboxylic acids is 1. The predicted molar refractivity (Wildman–Crippen MR) is 89.6 cm³/mol. The lowest BCUT2D eigenvalue weighted by molar-refractivity contribution is 0.0945. The lowest BCUT2D eigenvalue weighted by atomic mass is 10.2. The van der Waals surface area contributed by atoms with Gasteiger partial charge in [-0.1, -0.05) is 37.3 Å². The summed E-state index contributed by atoms with van der Waals surface area (Å²) >= 11 is 0. The van der Waals surface area contributed by atoms with E-state index in [1.165, 1.54) is 0 Å². The van der Waals surface area contributed by atoms with Crippen LogP contribution in [0.25, 0.3) is 5.69 Å². The van der Waals surface area contributed by atoms with Crippen LogP contribution in [0.5, 0.6) is 0 Å². The van der Waals surface area contributed by atoms with Gasteiger partial charge in [0.1, 0.15) is 0 Å². The number of para-hydroxylation sites is 1. The molecule has 2 aromatic heterocycles. The fraction of sp³-hybridized carbons (Fsp3) is 0.294. The Morgan fingerprint density at radius 3 is 2.79 bits per heavy atom. The molecule has 0 saturated carbocycles. The molecule has 0 unspecified atom stereocenters. The molecule has 0 radical (unpaired) electrons. The van der Waals surface area contributed by atoms with Crippen LogP contribution < -0.4 is 5.32 Å². The van der Waals surface area contributed by atoms with Crippen molar-refractivity contribution >= 4 is 5.91 Å². The molecule has 2 heterocycles. The Morgan fingerprint density at radius 1 is 1.25 bits per heavy atom. The maximum atomic E-state index is 12.3. The number of aromatic nitrogens is 5. The quantitative estimate of drug-likeness (QED) is 0.753. The van der Waals surface area contributed by atoms with E-state index in [-0.39, 0.29) is 11.6 Å². The maximum absolute atomic E-state index is 12.3. The number of benzene rings is 1. The topological polar surface area (TPSA) is 77.6 Å². The molecule has 0 aliphatic heterocycles. The molecule has 7 nitrogen and oxygen atoms in total. The highest BCUT2D eigenvalue weighted by Gasteiger charge is 2.12. The monoisotopic (exact) mass is 324 g/mol. The Bertz CT molecular complexity index is 805. The molecular formula is C17H20N6O. The molecule has 0 spiro atoms. The summed E-state index contributed by atoms with van der Waals surface area (Å²) in [4.78, 5) is 16.4. The zero-order chi connectivity index (χ0) is 16.9. The summed E-state index contributed by atoms with van der Waals surface area (Å²) in [5, 5.41) is 10.8.